The Balaban J connectivity index is 3.69. The molecule has 0 saturated carbocycles. The number of amides is 1. The number of carbonyl (C=O) groups is 4. The van der Waals surface area contributed by atoms with Gasteiger partial charge in [0.1, 0.15) is 19.8 Å². The first-order valence-corrected chi connectivity index (χ1v) is 12.7. The van der Waals surface area contributed by atoms with Crippen molar-refractivity contribution in [1.82, 2.24) is 5.32 Å². The van der Waals surface area contributed by atoms with E-state index in [2.05, 4.69) is 23.8 Å². The molecule has 0 aromatic carbocycles. The molecule has 2 unspecified atom stereocenters. The summed E-state index contributed by atoms with van der Waals surface area (Å²) < 4.78 is 50.7. The van der Waals surface area contributed by atoms with Crippen LogP contribution in [0, 0.1) is 0 Å². The fourth-order valence-electron chi connectivity index (χ4n) is 2.25. The lowest BCUT2D eigenvalue weighted by Crippen LogP contribution is -2.31. The van der Waals surface area contributed by atoms with Gasteiger partial charge in [-0.15, -0.1) is 0 Å². The van der Waals surface area contributed by atoms with E-state index in [4.69, 9.17) is 18.9 Å². The third-order valence-corrected chi connectivity index (χ3v) is 4.87. The van der Waals surface area contributed by atoms with Gasteiger partial charge in [-0.1, -0.05) is 0 Å². The first-order valence-electron chi connectivity index (χ1n) is 11.2. The lowest BCUT2D eigenvalue weighted by Gasteiger charge is -2.17. The maximum atomic E-state index is 11.8. The minimum absolute atomic E-state index is 0.0543. The smallest absolute Gasteiger partial charge is 0.464 e. The van der Waals surface area contributed by atoms with E-state index >= 15 is 0 Å². The Kier molecular flexibility index (Phi) is 22.1. The lowest BCUT2D eigenvalue weighted by atomic mass is 10.2. The topological polar surface area (TPSA) is 191 Å². The van der Waals surface area contributed by atoms with Crippen LogP contribution in [0.3, 0.4) is 0 Å². The minimum atomic E-state index is -4.50. The van der Waals surface area contributed by atoms with E-state index in [9.17, 15) is 28.6 Å². The van der Waals surface area contributed by atoms with E-state index in [0.29, 0.717) is 39.3 Å². The lowest BCUT2D eigenvalue weighted by molar-refractivity contribution is -0.144. The number of hydrogen-bond acceptors (Lipinski definition) is 13. The van der Waals surface area contributed by atoms with Gasteiger partial charge >= 0.3 is 7.82 Å². The molecule has 0 saturated heterocycles. The number of hydrogen-bond donors (Lipinski definition) is 2. The summed E-state index contributed by atoms with van der Waals surface area (Å²) >= 11 is 0. The van der Waals surface area contributed by atoms with Crippen molar-refractivity contribution in [2.45, 2.75) is 25.9 Å². The van der Waals surface area contributed by atoms with Gasteiger partial charge in [-0.05, 0) is 13.3 Å². The van der Waals surface area contributed by atoms with Crippen LogP contribution in [0.2, 0.25) is 0 Å². The summed E-state index contributed by atoms with van der Waals surface area (Å²) in [5.41, 5.74) is 0. The second-order valence-electron chi connectivity index (χ2n) is 6.79. The first-order chi connectivity index (χ1) is 17.3. The molecule has 0 heterocycles. The van der Waals surface area contributed by atoms with E-state index in [-0.39, 0.29) is 64.9 Å². The maximum absolute atomic E-state index is 11.8. The molecule has 0 bridgehead atoms. The molecular weight excluding hydrogens is 509 g/mol. The minimum Gasteiger partial charge on any atom is -0.464 e. The second-order valence-corrected chi connectivity index (χ2v) is 8.24. The molecule has 0 fully saturated rings. The summed E-state index contributed by atoms with van der Waals surface area (Å²) in [6.07, 6.45) is -0.155. The molecule has 0 aliphatic heterocycles. The van der Waals surface area contributed by atoms with Crippen molar-refractivity contribution in [3.63, 3.8) is 0 Å². The standard InChI is InChI=1S/C20H36NO14P/c1-2-28-8-9-29-6-3-4-18(24)12-30-10-11-31-15-20(25)21-5-7-34-36(26,27)35-14-19(33-17-23)13-32-16-22/h16-17,19H,2-15H2,1H3,(H,21,25)(H,26,27). The van der Waals surface area contributed by atoms with E-state index in [1.54, 1.807) is 0 Å². The molecule has 210 valence electrons. The molecule has 0 aromatic rings. The third-order valence-electron chi connectivity index (χ3n) is 3.89. The molecule has 2 N–H and O–H groups in total. The molecule has 15 nitrogen and oxygen atoms in total. The van der Waals surface area contributed by atoms with Crippen LogP contribution in [0.15, 0.2) is 0 Å². The summed E-state index contributed by atoms with van der Waals surface area (Å²) in [5, 5.41) is 2.40. The molecule has 0 aliphatic rings. The predicted octanol–water partition coefficient (Wildman–Crippen LogP) is -0.614. The molecular formula is C20H36NO14P. The molecule has 1 amide bonds. The van der Waals surface area contributed by atoms with Crippen molar-refractivity contribution >= 4 is 32.5 Å². The summed E-state index contributed by atoms with van der Waals surface area (Å²) in [6.45, 7) is 2.70. The van der Waals surface area contributed by atoms with E-state index in [0.717, 1.165) is 0 Å². The second kappa shape index (κ2) is 23.4. The normalized spacial score (nSPS) is 13.4. The van der Waals surface area contributed by atoms with Crippen molar-refractivity contribution in [2.24, 2.45) is 0 Å². The van der Waals surface area contributed by atoms with Crippen molar-refractivity contribution in [3.8, 4) is 0 Å². The third kappa shape index (κ3) is 22.5. The number of Topliss-reactive ketones (excluding diaryl/α,β-unsaturated/α-hetero) is 1. The van der Waals surface area contributed by atoms with Gasteiger partial charge in [0.05, 0.1) is 39.6 Å². The Bertz CT molecular complexity index is 650. The van der Waals surface area contributed by atoms with Gasteiger partial charge in [0.25, 0.3) is 12.9 Å². The largest absolute Gasteiger partial charge is 0.472 e. The van der Waals surface area contributed by atoms with Crippen molar-refractivity contribution in [2.75, 3.05) is 79.2 Å². The van der Waals surface area contributed by atoms with Gasteiger partial charge in [-0.2, -0.15) is 0 Å². The maximum Gasteiger partial charge on any atom is 0.472 e. The molecule has 0 aromatic heterocycles. The number of nitrogens with one attached hydrogen (secondary N) is 1. The van der Waals surface area contributed by atoms with Crippen LogP contribution in [-0.2, 0) is 61.2 Å². The Morgan fingerprint density at radius 2 is 1.58 bits per heavy atom. The summed E-state index contributed by atoms with van der Waals surface area (Å²) in [5.74, 6) is -0.564. The molecule has 16 heteroatoms. The first kappa shape index (κ1) is 34.0. The molecule has 0 aliphatic carbocycles. The number of phosphoric ester groups is 1. The summed E-state index contributed by atoms with van der Waals surface area (Å²) in [7, 11) is -4.50. The molecule has 0 spiro atoms. The number of rotatable bonds is 27. The quantitative estimate of drug-likeness (QED) is 0.0754. The van der Waals surface area contributed by atoms with Crippen molar-refractivity contribution < 1.29 is 66.1 Å². The van der Waals surface area contributed by atoms with Crippen LogP contribution in [0.1, 0.15) is 19.8 Å². The van der Waals surface area contributed by atoms with Gasteiger partial charge in [0.15, 0.2) is 11.9 Å². The van der Waals surface area contributed by atoms with Gasteiger partial charge in [-0.3, -0.25) is 28.2 Å². The highest BCUT2D eigenvalue weighted by molar-refractivity contribution is 7.47. The SMILES string of the molecule is CCOCCOCCCC(=O)COCCOCC(=O)NCCOP(=O)(O)OCC(COC=O)OC=O. The van der Waals surface area contributed by atoms with Crippen LogP contribution in [0.4, 0.5) is 0 Å². The zero-order valence-corrected chi connectivity index (χ0v) is 21.2. The zero-order valence-electron chi connectivity index (χ0n) is 20.3. The molecule has 0 radical (unpaired) electrons. The zero-order chi connectivity index (χ0) is 26.9. The van der Waals surface area contributed by atoms with Crippen LogP contribution in [0.25, 0.3) is 0 Å². The Morgan fingerprint density at radius 1 is 0.889 bits per heavy atom. The van der Waals surface area contributed by atoms with E-state index < -0.39 is 26.4 Å². The van der Waals surface area contributed by atoms with Gasteiger partial charge in [-0.25, -0.2) is 4.57 Å². The fraction of sp³-hybridized carbons (Fsp3) is 0.800. The van der Waals surface area contributed by atoms with Crippen molar-refractivity contribution in [3.05, 3.63) is 0 Å². The van der Waals surface area contributed by atoms with Crippen molar-refractivity contribution in [1.29, 1.82) is 0 Å². The monoisotopic (exact) mass is 545 g/mol. The van der Waals surface area contributed by atoms with Crippen LogP contribution in [0.5, 0.6) is 0 Å². The number of ketones is 1. The average Bonchev–Trinajstić information content (AvgIpc) is 2.85. The highest BCUT2D eigenvalue weighted by atomic mass is 31.2. The van der Waals surface area contributed by atoms with Gasteiger partial charge < -0.3 is 38.6 Å². The van der Waals surface area contributed by atoms with E-state index in [1.807, 2.05) is 6.92 Å². The van der Waals surface area contributed by atoms with Crippen LogP contribution >= 0.6 is 7.82 Å². The average molecular weight is 545 g/mol. The Morgan fingerprint density at radius 3 is 2.28 bits per heavy atom. The molecule has 36 heavy (non-hydrogen) atoms. The highest BCUT2D eigenvalue weighted by Gasteiger charge is 2.24. The Labute approximate surface area is 209 Å². The summed E-state index contributed by atoms with van der Waals surface area (Å²) in [4.78, 5) is 53.4. The number of phosphoric acid groups is 1. The van der Waals surface area contributed by atoms with Crippen LogP contribution < -0.4 is 5.32 Å². The van der Waals surface area contributed by atoms with E-state index in [1.165, 1.54) is 0 Å². The summed E-state index contributed by atoms with van der Waals surface area (Å²) in [6, 6.07) is 0. The van der Waals surface area contributed by atoms with Crippen LogP contribution in [-0.4, -0.2) is 115 Å². The number of carbonyl (C=O) groups excluding carboxylic acids is 4. The molecule has 0 rings (SSSR count). The molecule has 2 atom stereocenters. The van der Waals surface area contributed by atoms with Gasteiger partial charge in [0, 0.05) is 26.2 Å². The Hall–Kier alpha value is -1.97. The van der Waals surface area contributed by atoms with Gasteiger partial charge in [0.2, 0.25) is 5.91 Å². The predicted molar refractivity (Wildman–Crippen MR) is 121 cm³/mol. The highest BCUT2D eigenvalue weighted by Crippen LogP contribution is 2.43. The number of ether oxygens (including phenoxy) is 6. The fourth-order valence-corrected chi connectivity index (χ4v) is 3.00.